The molecule has 2 amide bonds. The van der Waals surface area contributed by atoms with Crippen LogP contribution in [0.3, 0.4) is 0 Å². The number of carbonyl (C=O) groups is 2. The Morgan fingerprint density at radius 3 is 2.61 bits per heavy atom. The number of hydrogen-bond donors (Lipinski definition) is 3. The van der Waals surface area contributed by atoms with Gasteiger partial charge in [0.1, 0.15) is 0 Å². The summed E-state index contributed by atoms with van der Waals surface area (Å²) in [5, 5.41) is 19.0. The highest BCUT2D eigenvalue weighted by molar-refractivity contribution is 7.80. The van der Waals surface area contributed by atoms with Crippen molar-refractivity contribution in [2.75, 3.05) is 10.6 Å². The average Bonchev–Trinajstić information content (AvgIpc) is 2.64. The summed E-state index contributed by atoms with van der Waals surface area (Å²) in [5.74, 6) is -0.734. The Balaban J connectivity index is 2.06. The van der Waals surface area contributed by atoms with E-state index in [0.29, 0.717) is 22.8 Å². The van der Waals surface area contributed by atoms with Crippen LogP contribution >= 0.6 is 23.8 Å². The molecule has 0 aliphatic heterocycles. The van der Waals surface area contributed by atoms with E-state index in [1.807, 2.05) is 6.92 Å². The van der Waals surface area contributed by atoms with E-state index >= 15 is 0 Å². The second-order valence-corrected chi connectivity index (χ2v) is 6.52. The highest BCUT2D eigenvalue weighted by atomic mass is 35.5. The van der Waals surface area contributed by atoms with Crippen LogP contribution in [0.1, 0.15) is 30.1 Å². The first-order valence-electron chi connectivity index (χ1n) is 8.26. The highest BCUT2D eigenvalue weighted by Crippen LogP contribution is 2.25. The fourth-order valence-electron chi connectivity index (χ4n) is 2.24. The lowest BCUT2D eigenvalue weighted by Crippen LogP contribution is -2.34. The number of rotatable bonds is 6. The molecule has 146 valence electrons. The van der Waals surface area contributed by atoms with Gasteiger partial charge < -0.3 is 10.6 Å². The van der Waals surface area contributed by atoms with Crippen molar-refractivity contribution in [1.29, 1.82) is 0 Å². The van der Waals surface area contributed by atoms with Gasteiger partial charge in [-0.05, 0) is 42.9 Å². The molecule has 2 aromatic rings. The summed E-state index contributed by atoms with van der Waals surface area (Å²) >= 11 is 11.2. The average molecular weight is 421 g/mol. The molecule has 0 saturated carbocycles. The predicted molar refractivity (Wildman–Crippen MR) is 112 cm³/mol. The van der Waals surface area contributed by atoms with Gasteiger partial charge in [0.25, 0.3) is 11.6 Å². The van der Waals surface area contributed by atoms with E-state index in [-0.39, 0.29) is 22.3 Å². The normalized spacial score (nSPS) is 10.1. The molecule has 0 fully saturated rings. The number of nitrogens with zero attached hydrogens (tertiary/aromatic N) is 1. The Hall–Kier alpha value is -3.04. The van der Waals surface area contributed by atoms with Gasteiger partial charge in [0.05, 0.1) is 15.6 Å². The number of nitro groups is 1. The molecule has 0 aliphatic rings. The topological polar surface area (TPSA) is 113 Å². The molecule has 0 spiro atoms. The first-order chi connectivity index (χ1) is 13.3. The number of thiocarbonyl (C=S) groups is 1. The second kappa shape index (κ2) is 9.77. The van der Waals surface area contributed by atoms with Crippen molar-refractivity contribution in [1.82, 2.24) is 5.32 Å². The molecule has 0 aliphatic carbocycles. The Morgan fingerprint density at radius 1 is 1.18 bits per heavy atom. The van der Waals surface area contributed by atoms with Crippen LogP contribution in [0.2, 0.25) is 5.02 Å². The van der Waals surface area contributed by atoms with Gasteiger partial charge in [0, 0.05) is 29.8 Å². The number of nitro benzene ring substituents is 1. The van der Waals surface area contributed by atoms with Crippen LogP contribution in [-0.4, -0.2) is 21.9 Å². The molecule has 0 bridgehead atoms. The summed E-state index contributed by atoms with van der Waals surface area (Å²) in [6, 6.07) is 10.1. The molecule has 10 heteroatoms. The smallest absolute Gasteiger partial charge is 0.270 e. The van der Waals surface area contributed by atoms with Crippen molar-refractivity contribution >= 4 is 57.8 Å². The predicted octanol–water partition coefficient (Wildman–Crippen LogP) is 4.11. The lowest BCUT2D eigenvalue weighted by Gasteiger charge is -2.13. The molecule has 28 heavy (non-hydrogen) atoms. The Kier molecular flexibility index (Phi) is 7.42. The third kappa shape index (κ3) is 6.00. The van der Waals surface area contributed by atoms with Crippen molar-refractivity contribution in [3.8, 4) is 0 Å². The summed E-state index contributed by atoms with van der Waals surface area (Å²) in [6.07, 6.45) is 1.11. The van der Waals surface area contributed by atoms with E-state index in [1.165, 1.54) is 18.2 Å². The quantitative estimate of drug-likeness (QED) is 0.368. The molecule has 8 nitrogen and oxygen atoms in total. The number of non-ortho nitro benzene ring substituents is 1. The highest BCUT2D eigenvalue weighted by Gasteiger charge is 2.13. The number of halogens is 1. The van der Waals surface area contributed by atoms with Crippen molar-refractivity contribution in [3.05, 3.63) is 63.2 Å². The second-order valence-electron chi connectivity index (χ2n) is 5.71. The van der Waals surface area contributed by atoms with Gasteiger partial charge in [-0.15, -0.1) is 0 Å². The molecular formula is C18H17ClN4O4S. The lowest BCUT2D eigenvalue weighted by molar-refractivity contribution is -0.384. The third-order valence-electron chi connectivity index (χ3n) is 3.52. The zero-order valence-electron chi connectivity index (χ0n) is 14.8. The minimum Gasteiger partial charge on any atom is -0.331 e. The molecule has 2 rings (SSSR count). The summed E-state index contributed by atoms with van der Waals surface area (Å²) in [7, 11) is 0. The first kappa shape index (κ1) is 21.3. The Labute approximate surface area is 171 Å². The Morgan fingerprint density at radius 2 is 1.93 bits per heavy atom. The SMILES string of the molecule is CCCC(=O)Nc1ccc(Cl)c(NC(=S)NC(=O)c2cccc([N+](=O)[O-])c2)c1. The summed E-state index contributed by atoms with van der Waals surface area (Å²) in [5.41, 5.74) is 0.800. The van der Waals surface area contributed by atoms with Crippen LogP contribution in [0.4, 0.5) is 17.1 Å². The van der Waals surface area contributed by atoms with E-state index < -0.39 is 10.8 Å². The number of amides is 2. The molecular weight excluding hydrogens is 404 g/mol. The van der Waals surface area contributed by atoms with Gasteiger partial charge in [0.15, 0.2) is 5.11 Å². The van der Waals surface area contributed by atoms with Crippen LogP contribution in [-0.2, 0) is 4.79 Å². The van der Waals surface area contributed by atoms with Crippen molar-refractivity contribution in [2.45, 2.75) is 19.8 Å². The van der Waals surface area contributed by atoms with Crippen LogP contribution in [0.25, 0.3) is 0 Å². The van der Waals surface area contributed by atoms with Crippen LogP contribution in [0, 0.1) is 10.1 Å². The van der Waals surface area contributed by atoms with Gasteiger partial charge in [-0.1, -0.05) is 24.6 Å². The molecule has 0 atom stereocenters. The number of carbonyl (C=O) groups excluding carboxylic acids is 2. The van der Waals surface area contributed by atoms with Crippen molar-refractivity contribution < 1.29 is 14.5 Å². The monoisotopic (exact) mass is 420 g/mol. The standard InChI is InChI=1S/C18H17ClN4O4S/c1-2-4-16(24)20-12-7-8-14(19)15(10-12)21-18(28)22-17(25)11-5-3-6-13(9-11)23(26)27/h3,5-10H,2,4H2,1H3,(H,20,24)(H2,21,22,25,28). The van der Waals surface area contributed by atoms with Crippen LogP contribution in [0.5, 0.6) is 0 Å². The third-order valence-corrected chi connectivity index (χ3v) is 4.06. The maximum absolute atomic E-state index is 12.2. The number of anilines is 2. The fraction of sp³-hybridized carbons (Fsp3) is 0.167. The van der Waals surface area contributed by atoms with E-state index in [0.717, 1.165) is 12.5 Å². The Bertz CT molecular complexity index is 936. The molecule has 0 saturated heterocycles. The van der Waals surface area contributed by atoms with Gasteiger partial charge in [-0.2, -0.15) is 0 Å². The molecule has 0 unspecified atom stereocenters. The first-order valence-corrected chi connectivity index (χ1v) is 9.05. The molecule has 3 N–H and O–H groups in total. The van der Waals surface area contributed by atoms with Gasteiger partial charge in [0.2, 0.25) is 5.91 Å². The number of nitrogens with one attached hydrogen (secondary N) is 3. The fourth-order valence-corrected chi connectivity index (χ4v) is 2.61. The van der Waals surface area contributed by atoms with Gasteiger partial charge in [-0.3, -0.25) is 25.0 Å². The largest absolute Gasteiger partial charge is 0.331 e. The van der Waals surface area contributed by atoms with E-state index in [1.54, 1.807) is 18.2 Å². The van der Waals surface area contributed by atoms with Crippen molar-refractivity contribution in [2.24, 2.45) is 0 Å². The maximum Gasteiger partial charge on any atom is 0.270 e. The molecule has 0 aromatic heterocycles. The van der Waals surface area contributed by atoms with Crippen molar-refractivity contribution in [3.63, 3.8) is 0 Å². The van der Waals surface area contributed by atoms with E-state index in [4.69, 9.17) is 23.8 Å². The minimum absolute atomic E-state index is 0.0459. The molecule has 0 heterocycles. The van der Waals surface area contributed by atoms with E-state index in [2.05, 4.69) is 16.0 Å². The van der Waals surface area contributed by atoms with Gasteiger partial charge in [-0.25, -0.2) is 0 Å². The van der Waals surface area contributed by atoms with E-state index in [9.17, 15) is 19.7 Å². The number of benzene rings is 2. The lowest BCUT2D eigenvalue weighted by atomic mass is 10.2. The minimum atomic E-state index is -0.607. The van der Waals surface area contributed by atoms with Crippen LogP contribution < -0.4 is 16.0 Å². The maximum atomic E-state index is 12.2. The summed E-state index contributed by atoms with van der Waals surface area (Å²) in [4.78, 5) is 34.2. The summed E-state index contributed by atoms with van der Waals surface area (Å²) in [6.45, 7) is 1.90. The zero-order valence-corrected chi connectivity index (χ0v) is 16.4. The number of hydrogen-bond acceptors (Lipinski definition) is 5. The zero-order chi connectivity index (χ0) is 20.7. The van der Waals surface area contributed by atoms with Gasteiger partial charge >= 0.3 is 0 Å². The van der Waals surface area contributed by atoms with Crippen LogP contribution in [0.15, 0.2) is 42.5 Å². The molecule has 2 aromatic carbocycles. The molecule has 0 radical (unpaired) electrons. The summed E-state index contributed by atoms with van der Waals surface area (Å²) < 4.78 is 0.